The number of nitrogens with one attached hydrogen (secondary N) is 1. The first kappa shape index (κ1) is 20.4. The minimum Gasteiger partial charge on any atom is -0.479 e. The van der Waals surface area contributed by atoms with E-state index in [1.165, 1.54) is 0 Å². The maximum atomic E-state index is 12.6. The molecule has 6 heteroatoms. The minimum atomic E-state index is -0.736. The van der Waals surface area contributed by atoms with Crippen LogP contribution in [0.5, 0.6) is 5.75 Å². The van der Waals surface area contributed by atoms with Gasteiger partial charge < -0.3 is 15.0 Å². The molecule has 3 aromatic carbocycles. The van der Waals surface area contributed by atoms with E-state index >= 15 is 0 Å². The normalized spacial score (nSPS) is 11.4. The molecule has 0 bridgehead atoms. The summed E-state index contributed by atoms with van der Waals surface area (Å²) in [4.78, 5) is 26.6. The van der Waals surface area contributed by atoms with Gasteiger partial charge in [0.1, 0.15) is 5.75 Å². The molecule has 0 saturated heterocycles. The Morgan fingerprint density at radius 1 is 0.931 bits per heavy atom. The van der Waals surface area contributed by atoms with Crippen LogP contribution in [0.4, 0.5) is 11.4 Å². The molecule has 148 valence electrons. The molecule has 2 amide bonds. The number of amides is 2. The van der Waals surface area contributed by atoms with Gasteiger partial charge in [-0.3, -0.25) is 9.59 Å². The van der Waals surface area contributed by atoms with Crippen LogP contribution in [0.3, 0.4) is 0 Å². The van der Waals surface area contributed by atoms with Crippen molar-refractivity contribution in [2.24, 2.45) is 0 Å². The highest BCUT2D eigenvalue weighted by Gasteiger charge is 2.17. The van der Waals surface area contributed by atoms with E-state index in [-0.39, 0.29) is 11.8 Å². The van der Waals surface area contributed by atoms with Crippen LogP contribution in [0, 0.1) is 0 Å². The number of hydrogen-bond acceptors (Lipinski definition) is 3. The SMILES string of the molecule is CC(Oc1ccccc1Cl)C(=O)Nc1ccc(C(=O)N(C)c2ccccc2)cc1. The van der Waals surface area contributed by atoms with E-state index in [0.717, 1.165) is 5.69 Å². The lowest BCUT2D eigenvalue weighted by molar-refractivity contribution is -0.122. The molecule has 0 aliphatic carbocycles. The number of carbonyl (C=O) groups is 2. The van der Waals surface area contributed by atoms with E-state index in [9.17, 15) is 9.59 Å². The summed E-state index contributed by atoms with van der Waals surface area (Å²) in [5, 5.41) is 3.22. The molecule has 29 heavy (non-hydrogen) atoms. The van der Waals surface area contributed by atoms with Crippen LogP contribution < -0.4 is 15.0 Å². The lowest BCUT2D eigenvalue weighted by Gasteiger charge is -2.18. The van der Waals surface area contributed by atoms with Gasteiger partial charge in [0.15, 0.2) is 6.10 Å². The Labute approximate surface area is 174 Å². The average Bonchev–Trinajstić information content (AvgIpc) is 2.75. The Hall–Kier alpha value is -3.31. The van der Waals surface area contributed by atoms with Crippen molar-refractivity contribution in [3.63, 3.8) is 0 Å². The Morgan fingerprint density at radius 2 is 1.55 bits per heavy atom. The number of halogens is 1. The number of nitrogens with zero attached hydrogens (tertiary/aromatic N) is 1. The van der Waals surface area contributed by atoms with Crippen LogP contribution in [0.15, 0.2) is 78.9 Å². The van der Waals surface area contributed by atoms with E-state index in [4.69, 9.17) is 16.3 Å². The van der Waals surface area contributed by atoms with Gasteiger partial charge in [0.05, 0.1) is 5.02 Å². The fourth-order valence-electron chi connectivity index (χ4n) is 2.69. The van der Waals surface area contributed by atoms with E-state index in [0.29, 0.717) is 22.0 Å². The van der Waals surface area contributed by atoms with Gasteiger partial charge in [-0.05, 0) is 55.5 Å². The summed E-state index contributed by atoms with van der Waals surface area (Å²) in [6, 6.07) is 23.1. The number of ether oxygens (including phenoxy) is 1. The summed E-state index contributed by atoms with van der Waals surface area (Å²) in [6.45, 7) is 1.64. The molecule has 5 nitrogen and oxygen atoms in total. The summed E-state index contributed by atoms with van der Waals surface area (Å²) < 4.78 is 5.62. The van der Waals surface area contributed by atoms with Crippen LogP contribution in [-0.4, -0.2) is 25.0 Å². The number of benzene rings is 3. The molecule has 0 aromatic heterocycles. The largest absolute Gasteiger partial charge is 0.479 e. The first-order valence-electron chi connectivity index (χ1n) is 9.11. The molecule has 0 fully saturated rings. The van der Waals surface area contributed by atoms with Gasteiger partial charge in [-0.15, -0.1) is 0 Å². The third-order valence-electron chi connectivity index (χ3n) is 4.36. The van der Waals surface area contributed by atoms with Gasteiger partial charge in [-0.1, -0.05) is 41.9 Å². The van der Waals surface area contributed by atoms with Crippen molar-refractivity contribution in [2.45, 2.75) is 13.0 Å². The summed E-state index contributed by atoms with van der Waals surface area (Å²) in [5.74, 6) is -0.00314. The van der Waals surface area contributed by atoms with E-state index in [1.807, 2.05) is 30.3 Å². The fourth-order valence-corrected chi connectivity index (χ4v) is 2.87. The van der Waals surface area contributed by atoms with Crippen LogP contribution in [-0.2, 0) is 4.79 Å². The zero-order chi connectivity index (χ0) is 20.8. The first-order chi connectivity index (χ1) is 14.0. The molecule has 3 aromatic rings. The van der Waals surface area contributed by atoms with Crippen LogP contribution in [0.25, 0.3) is 0 Å². The lowest BCUT2D eigenvalue weighted by Crippen LogP contribution is -2.30. The second kappa shape index (κ2) is 9.26. The summed E-state index contributed by atoms with van der Waals surface area (Å²) >= 11 is 6.06. The number of para-hydroxylation sites is 2. The monoisotopic (exact) mass is 408 g/mol. The number of hydrogen-bond donors (Lipinski definition) is 1. The smallest absolute Gasteiger partial charge is 0.265 e. The third kappa shape index (κ3) is 5.15. The molecule has 1 atom stereocenters. The molecule has 1 unspecified atom stereocenters. The molecule has 0 aliphatic heterocycles. The summed E-state index contributed by atoms with van der Waals surface area (Å²) in [6.07, 6.45) is -0.736. The minimum absolute atomic E-state index is 0.135. The second-order valence-corrected chi connectivity index (χ2v) is 6.86. The predicted octanol–water partition coefficient (Wildman–Crippen LogP) is 5.02. The molecule has 0 saturated carbocycles. The second-order valence-electron chi connectivity index (χ2n) is 6.46. The maximum Gasteiger partial charge on any atom is 0.265 e. The molecular weight excluding hydrogens is 388 g/mol. The van der Waals surface area contributed by atoms with Crippen molar-refractivity contribution < 1.29 is 14.3 Å². The van der Waals surface area contributed by atoms with Gasteiger partial charge in [-0.2, -0.15) is 0 Å². The summed E-state index contributed by atoms with van der Waals surface area (Å²) in [7, 11) is 1.72. The maximum absolute atomic E-state index is 12.6. The van der Waals surface area contributed by atoms with Crippen LogP contribution >= 0.6 is 11.6 Å². The molecule has 0 aliphatic rings. The van der Waals surface area contributed by atoms with Gasteiger partial charge >= 0.3 is 0 Å². The van der Waals surface area contributed by atoms with Crippen molar-refractivity contribution in [1.82, 2.24) is 0 Å². The zero-order valence-electron chi connectivity index (χ0n) is 16.1. The molecule has 3 rings (SSSR count). The van der Waals surface area contributed by atoms with Gasteiger partial charge in [-0.25, -0.2) is 0 Å². The van der Waals surface area contributed by atoms with Crippen LogP contribution in [0.2, 0.25) is 5.02 Å². The molecular formula is C23H21ClN2O3. The highest BCUT2D eigenvalue weighted by Crippen LogP contribution is 2.24. The van der Waals surface area contributed by atoms with Gasteiger partial charge in [0.2, 0.25) is 0 Å². The zero-order valence-corrected chi connectivity index (χ0v) is 16.9. The highest BCUT2D eigenvalue weighted by molar-refractivity contribution is 6.32. The molecule has 0 radical (unpaired) electrons. The first-order valence-corrected chi connectivity index (χ1v) is 9.48. The van der Waals surface area contributed by atoms with Crippen LogP contribution in [0.1, 0.15) is 17.3 Å². The number of rotatable bonds is 6. The number of carbonyl (C=O) groups excluding carboxylic acids is 2. The lowest BCUT2D eigenvalue weighted by atomic mass is 10.1. The van der Waals surface area contributed by atoms with E-state index < -0.39 is 6.10 Å². The van der Waals surface area contributed by atoms with Crippen molar-refractivity contribution in [1.29, 1.82) is 0 Å². The average molecular weight is 409 g/mol. The fraction of sp³-hybridized carbons (Fsp3) is 0.130. The van der Waals surface area contributed by atoms with Gasteiger partial charge in [0, 0.05) is 24.0 Å². The Bertz CT molecular complexity index is 991. The molecule has 0 spiro atoms. The predicted molar refractivity (Wildman–Crippen MR) is 116 cm³/mol. The third-order valence-corrected chi connectivity index (χ3v) is 4.67. The van der Waals surface area contributed by atoms with E-state index in [1.54, 1.807) is 67.4 Å². The molecule has 1 N–H and O–H groups in total. The van der Waals surface area contributed by atoms with Crippen molar-refractivity contribution in [3.8, 4) is 5.75 Å². The topological polar surface area (TPSA) is 58.6 Å². The van der Waals surface area contributed by atoms with Crippen molar-refractivity contribution in [2.75, 3.05) is 17.3 Å². The standard InChI is InChI=1S/C23H21ClN2O3/c1-16(29-21-11-7-6-10-20(21)24)22(27)25-18-14-12-17(13-15-18)23(28)26(2)19-8-4-3-5-9-19/h3-16H,1-2H3,(H,25,27). The van der Waals surface area contributed by atoms with Crippen molar-refractivity contribution in [3.05, 3.63) is 89.4 Å². The van der Waals surface area contributed by atoms with Crippen molar-refractivity contribution >= 4 is 34.8 Å². The Balaban J connectivity index is 1.62. The number of anilines is 2. The highest BCUT2D eigenvalue weighted by atomic mass is 35.5. The van der Waals surface area contributed by atoms with E-state index in [2.05, 4.69) is 5.32 Å². The molecule has 0 heterocycles. The van der Waals surface area contributed by atoms with Gasteiger partial charge in [0.25, 0.3) is 11.8 Å². The summed E-state index contributed by atoms with van der Waals surface area (Å²) in [5.41, 5.74) is 1.90. The Kier molecular flexibility index (Phi) is 6.52. The Morgan fingerprint density at radius 3 is 2.21 bits per heavy atom. The quantitative estimate of drug-likeness (QED) is 0.622.